The van der Waals surface area contributed by atoms with Crippen LogP contribution in [0.1, 0.15) is 44.6 Å². The zero-order valence-corrected chi connectivity index (χ0v) is 38.7. The molecular formula is C59H44N8S. The van der Waals surface area contributed by atoms with Gasteiger partial charge in [-0.1, -0.05) is 110 Å². The van der Waals surface area contributed by atoms with Crippen LogP contribution in [0.3, 0.4) is 0 Å². The standard InChI is InChI=1S/C59H44N8S/c1-4-27-59(2)34-43(59)41-21-23-49-46(30-41)62-58-67(49)52-26-22-42(33-55(52)68-58)64-51-25-20-40(32-54(51)66-48-18-8-6-16-45(48)61-57(64)66)38-14-10-12-36(29-38)35-11-9-13-37(28-35)39-19-24-50-53(31-39)65-47-17-7-5-15-44(47)60-56(65)63(50)3/h5-26,28-33,43H,4,27,34H2,1-3H3. The summed E-state index contributed by atoms with van der Waals surface area (Å²) in [6, 6.07) is 62.1. The van der Waals surface area contributed by atoms with E-state index in [1.54, 1.807) is 11.3 Å². The van der Waals surface area contributed by atoms with Crippen molar-refractivity contribution in [3.63, 3.8) is 0 Å². The maximum atomic E-state index is 5.27. The van der Waals surface area contributed by atoms with Gasteiger partial charge in [0.2, 0.25) is 11.6 Å². The number of nitrogens with zero attached hydrogens (tertiary/aromatic N) is 8. The molecule has 0 aliphatic heterocycles. The molecule has 68 heavy (non-hydrogen) atoms. The molecule has 0 saturated heterocycles. The summed E-state index contributed by atoms with van der Waals surface area (Å²) in [5.41, 5.74) is 22.1. The highest BCUT2D eigenvalue weighted by atomic mass is 32.1. The molecule has 9 heteroatoms. The first-order chi connectivity index (χ1) is 33.4. The fraction of sp³-hybridized carbons (Fsp3) is 0.136. The SMILES string of the molecule is CCCC1(C)CC1c1ccc2c(c1)nc1sc3cc(-n4c5ccc(-c6cccc(-c7cccc(-c8ccc9c(c8)n8c%10ccccc%10nc8n9C)c7)c6)cc5n5c6ccccc6nc45)ccc3n12. The molecule has 0 spiro atoms. The van der Waals surface area contributed by atoms with E-state index in [9.17, 15) is 0 Å². The Balaban J connectivity index is 0.808. The van der Waals surface area contributed by atoms with Crippen molar-refractivity contribution in [2.24, 2.45) is 12.5 Å². The van der Waals surface area contributed by atoms with E-state index < -0.39 is 0 Å². The van der Waals surface area contributed by atoms with Gasteiger partial charge in [0.25, 0.3) is 0 Å². The quantitative estimate of drug-likeness (QED) is 0.160. The molecular weight excluding hydrogens is 853 g/mol. The van der Waals surface area contributed by atoms with Gasteiger partial charge in [-0.2, -0.15) is 0 Å². The zero-order chi connectivity index (χ0) is 45.0. The predicted octanol–water partition coefficient (Wildman–Crippen LogP) is 15.0. The molecule has 326 valence electrons. The van der Waals surface area contributed by atoms with Gasteiger partial charge in [-0.25, -0.2) is 15.0 Å². The van der Waals surface area contributed by atoms with E-state index in [-0.39, 0.29) is 0 Å². The number of aryl methyl sites for hydroxylation is 1. The molecule has 14 aromatic rings. The average Bonchev–Trinajstić information content (AvgIpc) is 3.98. The third-order valence-corrected chi connectivity index (χ3v) is 16.2. The molecule has 8 nitrogen and oxygen atoms in total. The zero-order valence-electron chi connectivity index (χ0n) is 37.9. The molecule has 6 heterocycles. The Morgan fingerprint density at radius 3 is 1.76 bits per heavy atom. The summed E-state index contributed by atoms with van der Waals surface area (Å²) < 4.78 is 12.7. The maximum Gasteiger partial charge on any atom is 0.220 e. The van der Waals surface area contributed by atoms with Crippen LogP contribution in [0, 0.1) is 5.41 Å². The molecule has 8 aromatic carbocycles. The maximum absolute atomic E-state index is 5.27. The van der Waals surface area contributed by atoms with Gasteiger partial charge in [-0.15, -0.1) is 0 Å². The van der Waals surface area contributed by atoms with Crippen molar-refractivity contribution < 1.29 is 0 Å². The number of hydrogen-bond acceptors (Lipinski definition) is 4. The van der Waals surface area contributed by atoms with Crippen LogP contribution >= 0.6 is 11.3 Å². The Morgan fingerprint density at radius 2 is 1.07 bits per heavy atom. The van der Waals surface area contributed by atoms with Crippen molar-refractivity contribution in [3.05, 3.63) is 175 Å². The summed E-state index contributed by atoms with van der Waals surface area (Å²) >= 11 is 1.76. The highest BCUT2D eigenvalue weighted by Gasteiger charge is 2.49. The highest BCUT2D eigenvalue weighted by Crippen LogP contribution is 2.62. The summed E-state index contributed by atoms with van der Waals surface area (Å²) in [6.07, 6.45) is 3.80. The van der Waals surface area contributed by atoms with Crippen molar-refractivity contribution in [3.8, 4) is 39.1 Å². The molecule has 0 N–H and O–H groups in total. The lowest BCUT2D eigenvalue weighted by molar-refractivity contribution is 0.491. The topological polar surface area (TPSA) is 61.8 Å². The van der Waals surface area contributed by atoms with E-state index in [0.717, 1.165) is 83.0 Å². The van der Waals surface area contributed by atoms with Crippen molar-refractivity contribution >= 4 is 93.2 Å². The molecule has 2 unspecified atom stereocenters. The van der Waals surface area contributed by atoms with Crippen molar-refractivity contribution in [2.75, 3.05) is 0 Å². The molecule has 0 bridgehead atoms. The van der Waals surface area contributed by atoms with E-state index in [0.29, 0.717) is 11.3 Å². The molecule has 2 atom stereocenters. The summed E-state index contributed by atoms with van der Waals surface area (Å²) in [4.78, 5) is 16.5. The van der Waals surface area contributed by atoms with Gasteiger partial charge in [0.15, 0.2) is 4.96 Å². The summed E-state index contributed by atoms with van der Waals surface area (Å²) in [6.45, 7) is 4.75. The highest BCUT2D eigenvalue weighted by molar-refractivity contribution is 7.23. The Morgan fingerprint density at radius 1 is 0.500 bits per heavy atom. The molecule has 6 aromatic heterocycles. The van der Waals surface area contributed by atoms with Gasteiger partial charge < -0.3 is 4.57 Å². The minimum absolute atomic E-state index is 0.435. The second-order valence-electron chi connectivity index (χ2n) is 19.3. The number of para-hydroxylation sites is 4. The third-order valence-electron chi connectivity index (χ3n) is 15.2. The molecule has 0 radical (unpaired) electrons. The number of benzene rings is 8. The number of hydrogen-bond donors (Lipinski definition) is 0. The van der Waals surface area contributed by atoms with Crippen LogP contribution in [0.25, 0.3) is 121 Å². The lowest BCUT2D eigenvalue weighted by Gasteiger charge is -2.10. The van der Waals surface area contributed by atoms with E-state index in [1.165, 1.54) is 62.8 Å². The lowest BCUT2D eigenvalue weighted by Crippen LogP contribution is -1.96. The third kappa shape index (κ3) is 5.39. The van der Waals surface area contributed by atoms with Crippen LogP contribution in [0.4, 0.5) is 0 Å². The van der Waals surface area contributed by atoms with E-state index in [4.69, 9.17) is 15.0 Å². The smallest absolute Gasteiger partial charge is 0.220 e. The first-order valence-electron chi connectivity index (χ1n) is 23.7. The minimum atomic E-state index is 0.435. The van der Waals surface area contributed by atoms with Gasteiger partial charge in [0.1, 0.15) is 0 Å². The number of fused-ring (bicyclic) bond motifs is 15. The fourth-order valence-electron chi connectivity index (χ4n) is 11.7. The first kappa shape index (κ1) is 38.1. The normalized spacial score (nSPS) is 16.4. The van der Waals surface area contributed by atoms with Crippen molar-refractivity contribution in [1.82, 2.24) is 37.3 Å². The summed E-state index contributed by atoms with van der Waals surface area (Å²) in [5.74, 6) is 2.48. The Labute approximate surface area is 394 Å². The van der Waals surface area contributed by atoms with Crippen LogP contribution < -0.4 is 0 Å². The van der Waals surface area contributed by atoms with Gasteiger partial charge in [0, 0.05) is 7.05 Å². The second-order valence-corrected chi connectivity index (χ2v) is 20.3. The Kier molecular flexibility index (Phi) is 7.73. The van der Waals surface area contributed by atoms with Gasteiger partial charge in [0.05, 0.1) is 71.1 Å². The number of rotatable bonds is 7. The van der Waals surface area contributed by atoms with Gasteiger partial charge >= 0.3 is 0 Å². The minimum Gasteiger partial charge on any atom is -0.313 e. The lowest BCUT2D eigenvalue weighted by atomic mass is 9.96. The Bertz CT molecular complexity index is 4440. The molecule has 0 amide bonds. The van der Waals surface area contributed by atoms with Crippen molar-refractivity contribution in [2.45, 2.75) is 39.0 Å². The van der Waals surface area contributed by atoms with E-state index in [1.807, 2.05) is 0 Å². The first-order valence-corrected chi connectivity index (χ1v) is 24.5. The van der Waals surface area contributed by atoms with Crippen LogP contribution in [-0.2, 0) is 7.05 Å². The van der Waals surface area contributed by atoms with Crippen LogP contribution in [0.5, 0.6) is 0 Å². The fourth-order valence-corrected chi connectivity index (χ4v) is 12.8. The second kappa shape index (κ2) is 13.8. The largest absolute Gasteiger partial charge is 0.313 e. The summed E-state index contributed by atoms with van der Waals surface area (Å²) in [7, 11) is 2.10. The molecule has 1 aliphatic carbocycles. The number of imidazole rings is 5. The average molecular weight is 897 g/mol. The Hall–Kier alpha value is -8.01. The molecule has 1 fully saturated rings. The van der Waals surface area contributed by atoms with Crippen LogP contribution in [0.2, 0.25) is 0 Å². The van der Waals surface area contributed by atoms with Gasteiger partial charge in [-0.3, -0.25) is 17.8 Å². The van der Waals surface area contributed by atoms with Crippen LogP contribution in [-0.4, -0.2) is 37.3 Å². The number of thiazole rings is 1. The number of aromatic nitrogens is 8. The molecule has 1 aliphatic rings. The predicted molar refractivity (Wildman–Crippen MR) is 281 cm³/mol. The monoisotopic (exact) mass is 896 g/mol. The van der Waals surface area contributed by atoms with E-state index >= 15 is 0 Å². The van der Waals surface area contributed by atoms with Crippen molar-refractivity contribution in [1.29, 1.82) is 0 Å². The van der Waals surface area contributed by atoms with E-state index in [2.05, 4.69) is 213 Å². The van der Waals surface area contributed by atoms with Crippen LogP contribution in [0.15, 0.2) is 170 Å². The molecule has 1 saturated carbocycles. The molecule has 15 rings (SSSR count). The summed E-state index contributed by atoms with van der Waals surface area (Å²) in [5, 5.41) is 0. The van der Waals surface area contributed by atoms with Gasteiger partial charge in [-0.05, 0) is 154 Å².